The number of hydrogen-bond acceptors (Lipinski definition) is 5. The first-order valence-electron chi connectivity index (χ1n) is 12.8. The standard InChI is InChI=1S/C27H41N3O5/c1-17-11-14-21(18(2)15-17)23(24(32)28-19-9-7-6-8-10-19)30(20-12-13-20)25(33)22(16-31)29-26(34)35-27(3,4)5/h11,14-15,19-20,22-23,31H,6-10,12-13,16H2,1-5H3,(H,28,32)(H,29,34). The second-order valence-electron chi connectivity index (χ2n) is 11.0. The summed E-state index contributed by atoms with van der Waals surface area (Å²) >= 11 is 0. The molecule has 0 spiro atoms. The molecule has 0 bridgehead atoms. The van der Waals surface area contributed by atoms with E-state index in [1.54, 1.807) is 25.7 Å². The number of aryl methyl sites for hydroxylation is 2. The largest absolute Gasteiger partial charge is 0.444 e. The number of nitrogens with one attached hydrogen (secondary N) is 2. The Bertz CT molecular complexity index is 916. The highest BCUT2D eigenvalue weighted by Crippen LogP contribution is 2.37. The lowest BCUT2D eigenvalue weighted by Crippen LogP contribution is -2.55. The van der Waals surface area contributed by atoms with Crippen molar-refractivity contribution in [3.8, 4) is 0 Å². The average Bonchev–Trinajstić information content (AvgIpc) is 3.60. The van der Waals surface area contributed by atoms with E-state index in [0.717, 1.165) is 55.2 Å². The second kappa shape index (κ2) is 11.4. The molecule has 0 saturated heterocycles. The molecule has 194 valence electrons. The van der Waals surface area contributed by atoms with Crippen molar-refractivity contribution in [3.63, 3.8) is 0 Å². The minimum atomic E-state index is -1.21. The molecule has 8 nitrogen and oxygen atoms in total. The van der Waals surface area contributed by atoms with Crippen molar-refractivity contribution in [3.05, 3.63) is 34.9 Å². The summed E-state index contributed by atoms with van der Waals surface area (Å²) in [5.74, 6) is -0.692. The first-order chi connectivity index (χ1) is 16.5. The zero-order valence-electron chi connectivity index (χ0n) is 21.7. The number of amides is 3. The van der Waals surface area contributed by atoms with Gasteiger partial charge in [0.15, 0.2) is 0 Å². The second-order valence-corrected chi connectivity index (χ2v) is 11.0. The normalized spacial score (nSPS) is 18.3. The Morgan fingerprint density at radius 1 is 1.09 bits per heavy atom. The molecule has 2 aliphatic carbocycles. The van der Waals surface area contributed by atoms with Crippen molar-refractivity contribution in [2.75, 3.05) is 6.61 Å². The maximum atomic E-state index is 13.8. The van der Waals surface area contributed by atoms with Crippen LogP contribution in [-0.2, 0) is 14.3 Å². The summed E-state index contributed by atoms with van der Waals surface area (Å²) < 4.78 is 5.29. The van der Waals surface area contributed by atoms with Gasteiger partial charge in [-0.25, -0.2) is 4.79 Å². The van der Waals surface area contributed by atoms with Crippen LogP contribution in [0, 0.1) is 13.8 Å². The van der Waals surface area contributed by atoms with E-state index < -0.39 is 36.3 Å². The first kappa shape index (κ1) is 27.0. The van der Waals surface area contributed by atoms with Gasteiger partial charge in [0.2, 0.25) is 11.8 Å². The predicted molar refractivity (Wildman–Crippen MR) is 134 cm³/mol. The quantitative estimate of drug-likeness (QED) is 0.519. The number of hydrogen-bond donors (Lipinski definition) is 3. The van der Waals surface area contributed by atoms with Gasteiger partial charge in [-0.15, -0.1) is 0 Å². The van der Waals surface area contributed by atoms with Crippen LogP contribution in [0.1, 0.15) is 88.4 Å². The summed E-state index contributed by atoms with van der Waals surface area (Å²) in [7, 11) is 0. The molecule has 3 N–H and O–H groups in total. The van der Waals surface area contributed by atoms with E-state index in [-0.39, 0.29) is 18.0 Å². The van der Waals surface area contributed by atoms with Crippen molar-refractivity contribution in [1.29, 1.82) is 0 Å². The minimum absolute atomic E-state index is 0.0918. The number of carbonyl (C=O) groups excluding carboxylic acids is 3. The van der Waals surface area contributed by atoms with Gasteiger partial charge in [0.25, 0.3) is 0 Å². The molecule has 0 aliphatic heterocycles. The summed E-state index contributed by atoms with van der Waals surface area (Å²) in [5, 5.41) is 15.7. The lowest BCUT2D eigenvalue weighted by Gasteiger charge is -2.36. The molecule has 3 rings (SSSR count). The molecule has 2 fully saturated rings. The molecule has 2 atom stereocenters. The Morgan fingerprint density at radius 3 is 2.29 bits per heavy atom. The third kappa shape index (κ3) is 7.43. The van der Waals surface area contributed by atoms with Crippen LogP contribution in [0.15, 0.2) is 18.2 Å². The van der Waals surface area contributed by atoms with E-state index >= 15 is 0 Å². The summed E-state index contributed by atoms with van der Waals surface area (Å²) in [6, 6.07) is 3.78. The number of carbonyl (C=O) groups is 3. The third-order valence-corrected chi connectivity index (χ3v) is 6.56. The number of aliphatic hydroxyl groups excluding tert-OH is 1. The van der Waals surface area contributed by atoms with Crippen molar-refractivity contribution < 1.29 is 24.2 Å². The molecule has 0 aromatic heterocycles. The van der Waals surface area contributed by atoms with Crippen LogP contribution < -0.4 is 10.6 Å². The van der Waals surface area contributed by atoms with Gasteiger partial charge in [-0.05, 0) is 71.4 Å². The van der Waals surface area contributed by atoms with Gasteiger partial charge < -0.3 is 25.4 Å². The van der Waals surface area contributed by atoms with Crippen LogP contribution in [0.3, 0.4) is 0 Å². The number of ether oxygens (including phenoxy) is 1. The van der Waals surface area contributed by atoms with Gasteiger partial charge in [0, 0.05) is 12.1 Å². The third-order valence-electron chi connectivity index (χ3n) is 6.56. The number of rotatable bonds is 8. The van der Waals surface area contributed by atoms with Crippen molar-refractivity contribution >= 4 is 17.9 Å². The SMILES string of the molecule is Cc1ccc(C(C(=O)NC2CCCCC2)N(C(=O)C(CO)NC(=O)OC(C)(C)C)C2CC2)c(C)c1. The van der Waals surface area contributed by atoms with E-state index in [0.29, 0.717) is 0 Å². The molecule has 8 heteroatoms. The number of aliphatic hydroxyl groups is 1. The monoisotopic (exact) mass is 487 g/mol. The van der Waals surface area contributed by atoms with E-state index in [4.69, 9.17) is 4.74 Å². The van der Waals surface area contributed by atoms with Gasteiger partial charge in [0.1, 0.15) is 17.7 Å². The molecule has 3 amide bonds. The Labute approximate surface area is 208 Å². The molecule has 2 unspecified atom stereocenters. The van der Waals surface area contributed by atoms with Crippen molar-refractivity contribution in [1.82, 2.24) is 15.5 Å². The fraction of sp³-hybridized carbons (Fsp3) is 0.667. The Morgan fingerprint density at radius 2 is 1.74 bits per heavy atom. The molecule has 1 aromatic rings. The Hall–Kier alpha value is -2.61. The zero-order chi connectivity index (χ0) is 25.8. The van der Waals surface area contributed by atoms with E-state index in [1.165, 1.54) is 6.42 Å². The molecule has 0 heterocycles. The van der Waals surface area contributed by atoms with Gasteiger partial charge in [0.05, 0.1) is 6.61 Å². The van der Waals surface area contributed by atoms with Crippen LogP contribution in [0.4, 0.5) is 4.79 Å². The molecule has 2 aliphatic rings. The Kier molecular flexibility index (Phi) is 8.80. The van der Waals surface area contributed by atoms with Gasteiger partial charge in [-0.3, -0.25) is 9.59 Å². The fourth-order valence-corrected chi connectivity index (χ4v) is 4.76. The van der Waals surface area contributed by atoms with Crippen LogP contribution in [0.5, 0.6) is 0 Å². The van der Waals surface area contributed by atoms with Crippen LogP contribution >= 0.6 is 0 Å². The molecule has 0 radical (unpaired) electrons. The highest BCUT2D eigenvalue weighted by atomic mass is 16.6. The number of nitrogens with zero attached hydrogens (tertiary/aromatic N) is 1. The number of alkyl carbamates (subject to hydrolysis) is 1. The van der Waals surface area contributed by atoms with Crippen molar-refractivity contribution in [2.45, 2.75) is 109 Å². The van der Waals surface area contributed by atoms with Crippen LogP contribution in [-0.4, -0.2) is 58.2 Å². The lowest BCUT2D eigenvalue weighted by atomic mass is 9.93. The van der Waals surface area contributed by atoms with Gasteiger partial charge in [-0.1, -0.05) is 43.0 Å². The average molecular weight is 488 g/mol. The van der Waals surface area contributed by atoms with E-state index in [2.05, 4.69) is 10.6 Å². The van der Waals surface area contributed by atoms with Gasteiger partial charge >= 0.3 is 6.09 Å². The van der Waals surface area contributed by atoms with E-state index in [9.17, 15) is 19.5 Å². The zero-order valence-corrected chi connectivity index (χ0v) is 21.7. The maximum Gasteiger partial charge on any atom is 0.408 e. The molecule has 1 aromatic carbocycles. The summed E-state index contributed by atoms with van der Waals surface area (Å²) in [6.07, 6.45) is 5.96. The predicted octanol–water partition coefficient (Wildman–Crippen LogP) is 3.67. The first-order valence-corrected chi connectivity index (χ1v) is 12.8. The highest BCUT2D eigenvalue weighted by molar-refractivity contribution is 5.93. The van der Waals surface area contributed by atoms with Crippen molar-refractivity contribution in [2.24, 2.45) is 0 Å². The minimum Gasteiger partial charge on any atom is -0.444 e. The highest BCUT2D eigenvalue weighted by Gasteiger charge is 2.44. The van der Waals surface area contributed by atoms with Gasteiger partial charge in [-0.2, -0.15) is 0 Å². The van der Waals surface area contributed by atoms with Crippen LogP contribution in [0.2, 0.25) is 0 Å². The summed E-state index contributed by atoms with van der Waals surface area (Å²) in [6.45, 7) is 8.52. The molecular weight excluding hydrogens is 446 g/mol. The van der Waals surface area contributed by atoms with Crippen LogP contribution in [0.25, 0.3) is 0 Å². The molecule has 2 saturated carbocycles. The topological polar surface area (TPSA) is 108 Å². The molecule has 35 heavy (non-hydrogen) atoms. The summed E-state index contributed by atoms with van der Waals surface area (Å²) in [5.41, 5.74) is 2.01. The fourth-order valence-electron chi connectivity index (χ4n) is 4.76. The number of benzene rings is 1. The lowest BCUT2D eigenvalue weighted by molar-refractivity contribution is -0.144. The summed E-state index contributed by atoms with van der Waals surface area (Å²) in [4.78, 5) is 41.5. The molecular formula is C27H41N3O5. The smallest absolute Gasteiger partial charge is 0.408 e. The Balaban J connectivity index is 1.92. The van der Waals surface area contributed by atoms with E-state index in [1.807, 2.05) is 32.0 Å². The maximum absolute atomic E-state index is 13.8.